The summed E-state index contributed by atoms with van der Waals surface area (Å²) < 4.78 is 0. The summed E-state index contributed by atoms with van der Waals surface area (Å²) in [5.41, 5.74) is 6.95. The Kier molecular flexibility index (Phi) is 2.38. The van der Waals surface area contributed by atoms with Crippen molar-refractivity contribution >= 4 is 11.3 Å². The van der Waals surface area contributed by atoms with Gasteiger partial charge in [-0.2, -0.15) is 0 Å². The highest BCUT2D eigenvalue weighted by Gasteiger charge is 2.05. The highest BCUT2D eigenvalue weighted by atomic mass is 32.1. The van der Waals surface area contributed by atoms with Crippen LogP contribution in [0, 0.1) is 20.8 Å². The zero-order valence-electron chi connectivity index (χ0n) is 8.66. The monoisotopic (exact) mass is 203 g/mol. The molecule has 0 N–H and O–H groups in total. The van der Waals surface area contributed by atoms with Crippen molar-refractivity contribution in [3.05, 3.63) is 40.5 Å². The Balaban J connectivity index is 2.57. The number of thiazole rings is 1. The molecule has 1 aromatic heterocycles. The highest BCUT2D eigenvalue weighted by molar-refractivity contribution is 7.13. The molecular weight excluding hydrogens is 190 g/mol. The summed E-state index contributed by atoms with van der Waals surface area (Å²) in [5, 5.41) is 0. The summed E-state index contributed by atoms with van der Waals surface area (Å²) >= 11 is 1.71. The van der Waals surface area contributed by atoms with Crippen LogP contribution in [-0.2, 0) is 0 Å². The molecule has 0 atom stereocenters. The molecule has 1 nitrogen and oxygen atoms in total. The molecule has 0 bridgehead atoms. The van der Waals surface area contributed by atoms with Crippen LogP contribution in [0.2, 0.25) is 0 Å². The number of aryl methyl sites for hydroxylation is 3. The molecule has 0 saturated heterocycles. The van der Waals surface area contributed by atoms with Crippen LogP contribution in [0.5, 0.6) is 0 Å². The Bertz CT molecular complexity index is 437. The van der Waals surface area contributed by atoms with Gasteiger partial charge in [0.05, 0.1) is 16.1 Å². The smallest absolute Gasteiger partial charge is 0.0801 e. The predicted octanol–water partition coefficient (Wildman–Crippen LogP) is 3.74. The highest BCUT2D eigenvalue weighted by Crippen LogP contribution is 2.28. The minimum Gasteiger partial charge on any atom is -0.249 e. The third-order valence-corrected chi connectivity index (χ3v) is 3.21. The predicted molar refractivity (Wildman–Crippen MR) is 61.8 cm³/mol. The lowest BCUT2D eigenvalue weighted by Crippen LogP contribution is -1.82. The van der Waals surface area contributed by atoms with Gasteiger partial charge in [-0.05, 0) is 26.3 Å². The molecule has 0 aliphatic heterocycles. The largest absolute Gasteiger partial charge is 0.249 e. The van der Waals surface area contributed by atoms with Crippen molar-refractivity contribution in [3.8, 4) is 10.4 Å². The Labute approximate surface area is 88.4 Å². The van der Waals surface area contributed by atoms with E-state index in [0.717, 1.165) is 5.69 Å². The number of rotatable bonds is 1. The van der Waals surface area contributed by atoms with Gasteiger partial charge in [-0.3, -0.25) is 0 Å². The van der Waals surface area contributed by atoms with E-state index in [1.54, 1.807) is 11.3 Å². The molecule has 14 heavy (non-hydrogen) atoms. The van der Waals surface area contributed by atoms with Crippen molar-refractivity contribution in [3.63, 3.8) is 0 Å². The molecule has 0 amide bonds. The summed E-state index contributed by atoms with van der Waals surface area (Å²) in [4.78, 5) is 5.56. The molecule has 1 aromatic carbocycles. The third-order valence-electron chi connectivity index (χ3n) is 2.23. The van der Waals surface area contributed by atoms with Crippen LogP contribution in [-0.4, -0.2) is 4.98 Å². The fourth-order valence-corrected chi connectivity index (χ4v) is 2.48. The van der Waals surface area contributed by atoms with E-state index in [1.165, 1.54) is 21.6 Å². The quantitative estimate of drug-likeness (QED) is 0.688. The van der Waals surface area contributed by atoms with Gasteiger partial charge in [0, 0.05) is 0 Å². The zero-order chi connectivity index (χ0) is 10.1. The van der Waals surface area contributed by atoms with E-state index < -0.39 is 0 Å². The van der Waals surface area contributed by atoms with E-state index >= 15 is 0 Å². The second kappa shape index (κ2) is 3.54. The molecule has 0 saturated carbocycles. The topological polar surface area (TPSA) is 12.9 Å². The lowest BCUT2D eigenvalue weighted by molar-refractivity contribution is 1.26. The van der Waals surface area contributed by atoms with Crippen LogP contribution in [0.3, 0.4) is 0 Å². The molecule has 0 aliphatic rings. The van der Waals surface area contributed by atoms with E-state index in [1.807, 2.05) is 5.51 Å². The molecule has 0 spiro atoms. The van der Waals surface area contributed by atoms with Crippen molar-refractivity contribution < 1.29 is 0 Å². The van der Waals surface area contributed by atoms with Gasteiger partial charge in [0.2, 0.25) is 0 Å². The fraction of sp³-hybridized carbons (Fsp3) is 0.250. The number of benzene rings is 1. The Morgan fingerprint density at radius 1 is 1.00 bits per heavy atom. The van der Waals surface area contributed by atoms with Gasteiger partial charge in [0.1, 0.15) is 0 Å². The van der Waals surface area contributed by atoms with Crippen LogP contribution in [0.25, 0.3) is 10.4 Å². The molecule has 72 valence electrons. The maximum Gasteiger partial charge on any atom is 0.0801 e. The van der Waals surface area contributed by atoms with E-state index in [4.69, 9.17) is 0 Å². The lowest BCUT2D eigenvalue weighted by atomic mass is 10.1. The van der Waals surface area contributed by atoms with Gasteiger partial charge >= 0.3 is 0 Å². The summed E-state index contributed by atoms with van der Waals surface area (Å²) in [6.07, 6.45) is 0. The van der Waals surface area contributed by atoms with Crippen LogP contribution in [0.15, 0.2) is 23.7 Å². The minimum absolute atomic E-state index is 1.12. The first-order valence-corrected chi connectivity index (χ1v) is 5.53. The maximum absolute atomic E-state index is 4.27. The van der Waals surface area contributed by atoms with Gasteiger partial charge in [-0.15, -0.1) is 11.3 Å². The van der Waals surface area contributed by atoms with Crippen molar-refractivity contribution in [1.82, 2.24) is 4.98 Å². The lowest BCUT2D eigenvalue weighted by Gasteiger charge is -2.03. The van der Waals surface area contributed by atoms with E-state index in [2.05, 4.69) is 44.0 Å². The Morgan fingerprint density at radius 2 is 1.64 bits per heavy atom. The maximum atomic E-state index is 4.27. The molecule has 0 radical (unpaired) electrons. The number of nitrogens with zero attached hydrogens (tertiary/aromatic N) is 1. The average Bonchev–Trinajstić information content (AvgIpc) is 2.49. The molecule has 2 rings (SSSR count). The van der Waals surface area contributed by atoms with E-state index in [-0.39, 0.29) is 0 Å². The van der Waals surface area contributed by atoms with Gasteiger partial charge in [-0.1, -0.05) is 29.3 Å². The fourth-order valence-electron chi connectivity index (χ4n) is 1.68. The summed E-state index contributed by atoms with van der Waals surface area (Å²) in [6, 6.07) is 6.63. The van der Waals surface area contributed by atoms with Gasteiger partial charge in [-0.25, -0.2) is 4.98 Å². The molecule has 0 fully saturated rings. The van der Waals surface area contributed by atoms with Crippen LogP contribution in [0.4, 0.5) is 0 Å². The molecule has 2 aromatic rings. The molecule has 0 unspecified atom stereocenters. The normalized spacial score (nSPS) is 10.5. The first kappa shape index (κ1) is 9.41. The zero-order valence-corrected chi connectivity index (χ0v) is 9.48. The standard InChI is InChI=1S/C12H13NS/c1-8-4-9(2)6-11(5-8)12-10(3)13-7-14-12/h4-7H,1-3H3. The van der Waals surface area contributed by atoms with Crippen molar-refractivity contribution in [2.24, 2.45) is 0 Å². The Morgan fingerprint density at radius 3 is 2.14 bits per heavy atom. The molecule has 1 heterocycles. The summed E-state index contributed by atoms with van der Waals surface area (Å²) in [6.45, 7) is 6.32. The van der Waals surface area contributed by atoms with Crippen molar-refractivity contribution in [1.29, 1.82) is 0 Å². The number of hydrogen-bond donors (Lipinski definition) is 0. The van der Waals surface area contributed by atoms with Crippen molar-refractivity contribution in [2.75, 3.05) is 0 Å². The van der Waals surface area contributed by atoms with Crippen LogP contribution in [0.1, 0.15) is 16.8 Å². The van der Waals surface area contributed by atoms with E-state index in [9.17, 15) is 0 Å². The van der Waals surface area contributed by atoms with Gasteiger partial charge < -0.3 is 0 Å². The molecular formula is C12H13NS. The average molecular weight is 203 g/mol. The van der Waals surface area contributed by atoms with Crippen LogP contribution < -0.4 is 0 Å². The number of aromatic nitrogens is 1. The van der Waals surface area contributed by atoms with Gasteiger partial charge in [0.15, 0.2) is 0 Å². The molecule has 0 aliphatic carbocycles. The van der Waals surface area contributed by atoms with Gasteiger partial charge in [0.25, 0.3) is 0 Å². The second-order valence-corrected chi connectivity index (χ2v) is 4.50. The number of hydrogen-bond acceptors (Lipinski definition) is 2. The van der Waals surface area contributed by atoms with E-state index in [0.29, 0.717) is 0 Å². The summed E-state index contributed by atoms with van der Waals surface area (Å²) in [5.74, 6) is 0. The molecule has 2 heteroatoms. The second-order valence-electron chi connectivity index (χ2n) is 3.64. The van der Waals surface area contributed by atoms with Crippen LogP contribution >= 0.6 is 11.3 Å². The van der Waals surface area contributed by atoms with Crippen molar-refractivity contribution in [2.45, 2.75) is 20.8 Å². The summed E-state index contributed by atoms with van der Waals surface area (Å²) in [7, 11) is 0. The first-order valence-electron chi connectivity index (χ1n) is 4.65. The third kappa shape index (κ3) is 1.70. The SMILES string of the molecule is Cc1cc(C)cc(-c2scnc2C)c1. The minimum atomic E-state index is 1.12. The Hall–Kier alpha value is -1.15. The first-order chi connectivity index (χ1) is 6.66.